The third kappa shape index (κ3) is 3.64. The van der Waals surface area contributed by atoms with Gasteiger partial charge in [0, 0.05) is 33.2 Å². The van der Waals surface area contributed by atoms with Crippen LogP contribution in [0.2, 0.25) is 0 Å². The van der Waals surface area contributed by atoms with Gasteiger partial charge in [0.1, 0.15) is 0 Å². The third-order valence-electron chi connectivity index (χ3n) is 3.53. The van der Waals surface area contributed by atoms with E-state index in [1.807, 2.05) is 0 Å². The van der Waals surface area contributed by atoms with Crippen LogP contribution in [-0.4, -0.2) is 56.8 Å². The van der Waals surface area contributed by atoms with Crippen molar-refractivity contribution in [3.05, 3.63) is 0 Å². The van der Waals surface area contributed by atoms with Crippen molar-refractivity contribution >= 4 is 10.2 Å². The summed E-state index contributed by atoms with van der Waals surface area (Å²) < 4.78 is 26.8. The van der Waals surface area contributed by atoms with Gasteiger partial charge in [-0.05, 0) is 32.2 Å². The fraction of sp³-hybridized carbons (Fsp3) is 1.00. The van der Waals surface area contributed by atoms with Gasteiger partial charge in [0.2, 0.25) is 0 Å². The van der Waals surface area contributed by atoms with Crippen molar-refractivity contribution in [1.82, 2.24) is 13.9 Å². The molecule has 6 heteroatoms. The number of rotatable bonds is 5. The molecule has 0 heterocycles. The fourth-order valence-corrected chi connectivity index (χ4v) is 3.48. The fourth-order valence-electron chi connectivity index (χ4n) is 2.38. The summed E-state index contributed by atoms with van der Waals surface area (Å²) in [6, 6.07) is 0.712. The summed E-state index contributed by atoms with van der Waals surface area (Å²) in [5.74, 6) is 0. The lowest BCUT2D eigenvalue weighted by molar-refractivity contribution is 0.243. The lowest BCUT2D eigenvalue weighted by atomic mass is 9.91. The number of nitrogens with zero attached hydrogens (tertiary/aromatic N) is 2. The van der Waals surface area contributed by atoms with E-state index in [4.69, 9.17) is 0 Å². The van der Waals surface area contributed by atoms with Gasteiger partial charge in [0.25, 0.3) is 10.2 Å². The van der Waals surface area contributed by atoms with Gasteiger partial charge in [0.15, 0.2) is 0 Å². The highest BCUT2D eigenvalue weighted by atomic mass is 32.2. The maximum atomic E-state index is 12.0. The molecule has 0 aromatic rings. The molecule has 102 valence electrons. The summed E-state index contributed by atoms with van der Waals surface area (Å²) in [4.78, 5) is 0. The quantitative estimate of drug-likeness (QED) is 0.792. The van der Waals surface area contributed by atoms with Crippen LogP contribution in [0.25, 0.3) is 0 Å². The molecule has 1 N–H and O–H groups in total. The van der Waals surface area contributed by atoms with Gasteiger partial charge >= 0.3 is 0 Å². The molecule has 0 aromatic carbocycles. The predicted molar refractivity (Wildman–Crippen MR) is 70.1 cm³/mol. The van der Waals surface area contributed by atoms with Crippen molar-refractivity contribution in [2.24, 2.45) is 0 Å². The summed E-state index contributed by atoms with van der Waals surface area (Å²) in [5, 5.41) is 3.43. The van der Waals surface area contributed by atoms with Crippen molar-refractivity contribution < 1.29 is 8.42 Å². The van der Waals surface area contributed by atoms with Crippen molar-refractivity contribution in [2.45, 2.75) is 44.7 Å². The van der Waals surface area contributed by atoms with Gasteiger partial charge in [-0.25, -0.2) is 0 Å². The zero-order valence-corrected chi connectivity index (χ0v) is 12.1. The first-order valence-electron chi connectivity index (χ1n) is 6.28. The number of hydrogen-bond acceptors (Lipinski definition) is 3. The summed E-state index contributed by atoms with van der Waals surface area (Å²) in [6.45, 7) is 3.09. The van der Waals surface area contributed by atoms with Gasteiger partial charge in [-0.2, -0.15) is 17.0 Å². The Morgan fingerprint density at radius 1 is 1.12 bits per heavy atom. The van der Waals surface area contributed by atoms with Crippen LogP contribution in [0, 0.1) is 0 Å². The minimum atomic E-state index is -3.26. The Hall–Kier alpha value is -0.170. The lowest BCUT2D eigenvalue weighted by Crippen LogP contribution is -2.46. The monoisotopic (exact) mass is 263 g/mol. The van der Waals surface area contributed by atoms with Gasteiger partial charge in [-0.15, -0.1) is 0 Å². The van der Waals surface area contributed by atoms with E-state index in [9.17, 15) is 8.42 Å². The molecule has 1 aliphatic carbocycles. The first-order valence-corrected chi connectivity index (χ1v) is 7.68. The zero-order valence-electron chi connectivity index (χ0n) is 11.3. The first-order chi connectivity index (χ1) is 7.89. The molecule has 5 nitrogen and oxygen atoms in total. The molecule has 0 aromatic heterocycles. The molecule has 0 radical (unpaired) electrons. The largest absolute Gasteiger partial charge is 0.314 e. The number of hydrogen-bond donors (Lipinski definition) is 1. The highest BCUT2D eigenvalue weighted by molar-refractivity contribution is 7.86. The molecule has 1 fully saturated rings. The maximum Gasteiger partial charge on any atom is 0.281 e. The van der Waals surface area contributed by atoms with Gasteiger partial charge in [-0.1, -0.05) is 6.92 Å². The van der Waals surface area contributed by atoms with E-state index in [1.54, 1.807) is 21.1 Å². The second-order valence-electron chi connectivity index (χ2n) is 4.87. The van der Waals surface area contributed by atoms with Gasteiger partial charge in [0.05, 0.1) is 0 Å². The molecule has 0 saturated heterocycles. The Labute approximate surface area is 105 Å². The van der Waals surface area contributed by atoms with Crippen molar-refractivity contribution in [2.75, 3.05) is 27.7 Å². The SMILES string of the molecule is CCNC1CCC(N(C)S(=O)(=O)N(C)C)CC1. The average molecular weight is 263 g/mol. The van der Waals surface area contributed by atoms with Gasteiger partial charge in [-0.3, -0.25) is 0 Å². The van der Waals surface area contributed by atoms with E-state index in [2.05, 4.69) is 12.2 Å². The van der Waals surface area contributed by atoms with Crippen LogP contribution >= 0.6 is 0 Å². The maximum absolute atomic E-state index is 12.0. The Kier molecular flexibility index (Phi) is 5.37. The van der Waals surface area contributed by atoms with Crippen LogP contribution < -0.4 is 5.32 Å². The number of nitrogens with one attached hydrogen (secondary N) is 1. The average Bonchev–Trinajstić information content (AvgIpc) is 2.29. The molecule has 17 heavy (non-hydrogen) atoms. The summed E-state index contributed by atoms with van der Waals surface area (Å²) in [5.41, 5.74) is 0. The van der Waals surface area contributed by atoms with Crippen LogP contribution in [-0.2, 0) is 10.2 Å². The molecule has 1 rings (SSSR count). The molecule has 0 spiro atoms. The van der Waals surface area contributed by atoms with Crippen molar-refractivity contribution in [3.63, 3.8) is 0 Å². The summed E-state index contributed by atoms with van der Waals surface area (Å²) in [7, 11) is 1.59. The minimum absolute atomic E-state index is 0.150. The first kappa shape index (κ1) is 14.9. The standard InChI is InChI=1S/C11H25N3O2S/c1-5-12-10-6-8-11(9-7-10)14(4)17(15,16)13(2)3/h10-12H,5-9H2,1-4H3. The second kappa shape index (κ2) is 6.13. The van der Waals surface area contributed by atoms with E-state index < -0.39 is 10.2 Å². The third-order valence-corrected chi connectivity index (χ3v) is 5.48. The van der Waals surface area contributed by atoms with E-state index in [-0.39, 0.29) is 6.04 Å². The second-order valence-corrected chi connectivity index (χ2v) is 7.07. The predicted octanol–water partition coefficient (Wildman–Crippen LogP) is 0.645. The highest BCUT2D eigenvalue weighted by Crippen LogP contribution is 2.24. The smallest absolute Gasteiger partial charge is 0.281 e. The van der Waals surface area contributed by atoms with Gasteiger partial charge < -0.3 is 5.32 Å². The molecular weight excluding hydrogens is 238 g/mol. The van der Waals surface area contributed by atoms with Crippen LogP contribution in [0.15, 0.2) is 0 Å². The van der Waals surface area contributed by atoms with E-state index in [0.29, 0.717) is 6.04 Å². The van der Waals surface area contributed by atoms with E-state index in [0.717, 1.165) is 32.2 Å². The molecule has 0 amide bonds. The van der Waals surface area contributed by atoms with Crippen LogP contribution in [0.5, 0.6) is 0 Å². The molecule has 1 saturated carbocycles. The summed E-state index contributed by atoms with van der Waals surface area (Å²) in [6.07, 6.45) is 4.01. The molecule has 0 atom stereocenters. The minimum Gasteiger partial charge on any atom is -0.314 e. The Morgan fingerprint density at radius 3 is 2.06 bits per heavy atom. The van der Waals surface area contributed by atoms with E-state index in [1.165, 1.54) is 8.61 Å². The molecular formula is C11H25N3O2S. The Bertz CT molecular complexity index is 322. The van der Waals surface area contributed by atoms with Crippen molar-refractivity contribution in [1.29, 1.82) is 0 Å². The molecule has 0 unspecified atom stereocenters. The summed E-state index contributed by atoms with van der Waals surface area (Å²) >= 11 is 0. The molecule has 0 bridgehead atoms. The van der Waals surface area contributed by atoms with Crippen LogP contribution in [0.3, 0.4) is 0 Å². The van der Waals surface area contributed by atoms with Crippen LogP contribution in [0.4, 0.5) is 0 Å². The topological polar surface area (TPSA) is 52.7 Å². The molecule has 0 aliphatic heterocycles. The highest BCUT2D eigenvalue weighted by Gasteiger charge is 2.31. The zero-order chi connectivity index (χ0) is 13.1. The Balaban J connectivity index is 2.54. The van der Waals surface area contributed by atoms with Crippen LogP contribution in [0.1, 0.15) is 32.6 Å². The normalized spacial score (nSPS) is 26.7. The van der Waals surface area contributed by atoms with Crippen molar-refractivity contribution in [3.8, 4) is 0 Å². The Morgan fingerprint density at radius 2 is 1.65 bits per heavy atom. The lowest BCUT2D eigenvalue weighted by Gasteiger charge is -2.35. The van der Waals surface area contributed by atoms with E-state index >= 15 is 0 Å². The molecule has 1 aliphatic rings.